The van der Waals surface area contributed by atoms with Crippen molar-refractivity contribution in [2.45, 2.75) is 46.6 Å². The van der Waals surface area contributed by atoms with E-state index in [9.17, 15) is 4.79 Å². The zero-order chi connectivity index (χ0) is 14.3. The van der Waals surface area contributed by atoms with Gasteiger partial charge in [-0.2, -0.15) is 0 Å². The van der Waals surface area contributed by atoms with Crippen LogP contribution in [0.1, 0.15) is 44.2 Å². The maximum Gasteiger partial charge on any atom is 0.220 e. The van der Waals surface area contributed by atoms with Crippen LogP contribution in [-0.2, 0) is 11.3 Å². The van der Waals surface area contributed by atoms with E-state index in [1.807, 2.05) is 12.1 Å². The van der Waals surface area contributed by atoms with Gasteiger partial charge in [0.25, 0.3) is 0 Å². The molecule has 0 bridgehead atoms. The molecule has 0 saturated heterocycles. The molecule has 0 aliphatic rings. The highest BCUT2D eigenvalue weighted by Gasteiger charge is 2.18. The molecule has 0 spiro atoms. The van der Waals surface area contributed by atoms with Gasteiger partial charge in [0.1, 0.15) is 0 Å². The zero-order valence-electron chi connectivity index (χ0n) is 12.3. The minimum atomic E-state index is 0.116. The second kappa shape index (κ2) is 7.29. The van der Waals surface area contributed by atoms with E-state index in [0.29, 0.717) is 19.5 Å². The largest absolute Gasteiger partial charge is 0.352 e. The first-order valence-corrected chi connectivity index (χ1v) is 6.95. The minimum absolute atomic E-state index is 0.116. The van der Waals surface area contributed by atoms with Gasteiger partial charge < -0.3 is 11.1 Å². The molecule has 0 fully saturated rings. The summed E-state index contributed by atoms with van der Waals surface area (Å²) >= 11 is 0. The molecule has 1 rings (SSSR count). The van der Waals surface area contributed by atoms with Gasteiger partial charge in [-0.3, -0.25) is 4.79 Å². The molecule has 1 aromatic rings. The predicted octanol–water partition coefficient (Wildman–Crippen LogP) is 2.77. The van der Waals surface area contributed by atoms with E-state index in [1.54, 1.807) is 0 Å². The van der Waals surface area contributed by atoms with E-state index in [1.165, 1.54) is 5.56 Å². The lowest BCUT2D eigenvalue weighted by Gasteiger charge is -2.23. The number of hydrogen-bond acceptors (Lipinski definition) is 2. The van der Waals surface area contributed by atoms with E-state index in [4.69, 9.17) is 5.73 Å². The van der Waals surface area contributed by atoms with Gasteiger partial charge >= 0.3 is 0 Å². The van der Waals surface area contributed by atoms with Crippen LogP contribution in [0.2, 0.25) is 0 Å². The number of amides is 1. The van der Waals surface area contributed by atoms with Crippen molar-refractivity contribution in [2.24, 2.45) is 11.1 Å². The highest BCUT2D eigenvalue weighted by atomic mass is 16.1. The summed E-state index contributed by atoms with van der Waals surface area (Å²) in [5.74, 6) is 0.116. The van der Waals surface area contributed by atoms with Gasteiger partial charge in [-0.1, -0.05) is 43.7 Å². The highest BCUT2D eigenvalue weighted by molar-refractivity contribution is 5.75. The average Bonchev–Trinajstić information content (AvgIpc) is 2.36. The van der Waals surface area contributed by atoms with Crippen LogP contribution in [0.5, 0.6) is 0 Å². The minimum Gasteiger partial charge on any atom is -0.352 e. The molecule has 0 unspecified atom stereocenters. The van der Waals surface area contributed by atoms with Crippen molar-refractivity contribution in [3.05, 3.63) is 35.4 Å². The third kappa shape index (κ3) is 6.39. The summed E-state index contributed by atoms with van der Waals surface area (Å²) < 4.78 is 0. The van der Waals surface area contributed by atoms with Crippen LogP contribution >= 0.6 is 0 Å². The Balaban J connectivity index is 2.30. The van der Waals surface area contributed by atoms with E-state index < -0.39 is 0 Å². The molecular formula is C16H26N2O. The first-order chi connectivity index (χ1) is 8.93. The lowest BCUT2D eigenvalue weighted by molar-refractivity contribution is -0.121. The quantitative estimate of drug-likeness (QED) is 0.794. The molecule has 0 atom stereocenters. The van der Waals surface area contributed by atoms with Crippen LogP contribution < -0.4 is 11.1 Å². The van der Waals surface area contributed by atoms with Crippen LogP contribution in [0.25, 0.3) is 0 Å². The fourth-order valence-electron chi connectivity index (χ4n) is 1.96. The Morgan fingerprint density at radius 3 is 2.42 bits per heavy atom. The Morgan fingerprint density at radius 2 is 1.84 bits per heavy atom. The highest BCUT2D eigenvalue weighted by Crippen LogP contribution is 2.25. The first kappa shape index (κ1) is 15.7. The van der Waals surface area contributed by atoms with Crippen LogP contribution in [0, 0.1) is 12.3 Å². The van der Waals surface area contributed by atoms with Crippen molar-refractivity contribution in [3.8, 4) is 0 Å². The van der Waals surface area contributed by atoms with Crippen LogP contribution in [-0.4, -0.2) is 12.5 Å². The molecule has 0 aromatic heterocycles. The molecule has 3 heteroatoms. The van der Waals surface area contributed by atoms with E-state index >= 15 is 0 Å². The Morgan fingerprint density at radius 1 is 1.21 bits per heavy atom. The first-order valence-electron chi connectivity index (χ1n) is 6.95. The Labute approximate surface area is 116 Å². The number of benzene rings is 1. The number of rotatable bonds is 7. The Kier molecular flexibility index (Phi) is 6.03. The second-order valence-electron chi connectivity index (χ2n) is 5.97. The molecule has 3 N–H and O–H groups in total. The number of nitrogens with two attached hydrogens (primary N) is 1. The van der Waals surface area contributed by atoms with Crippen LogP contribution in [0.15, 0.2) is 24.3 Å². The van der Waals surface area contributed by atoms with Gasteiger partial charge in [-0.15, -0.1) is 0 Å². The van der Waals surface area contributed by atoms with E-state index in [0.717, 1.165) is 18.4 Å². The smallest absolute Gasteiger partial charge is 0.220 e. The van der Waals surface area contributed by atoms with Crippen molar-refractivity contribution < 1.29 is 4.79 Å². The standard InChI is InChI=1S/C16H26N2O/c1-13-4-6-14(7-5-13)12-18-15(19)8-9-16(2,3)10-11-17/h4-7H,8-12,17H2,1-3H3,(H,18,19). The summed E-state index contributed by atoms with van der Waals surface area (Å²) in [7, 11) is 0. The molecule has 19 heavy (non-hydrogen) atoms. The molecule has 0 aliphatic carbocycles. The number of nitrogens with one attached hydrogen (secondary N) is 1. The van der Waals surface area contributed by atoms with Crippen molar-refractivity contribution in [3.63, 3.8) is 0 Å². The van der Waals surface area contributed by atoms with E-state index in [2.05, 4.69) is 38.2 Å². The van der Waals surface area contributed by atoms with E-state index in [-0.39, 0.29) is 11.3 Å². The Hall–Kier alpha value is -1.35. The third-order valence-electron chi connectivity index (χ3n) is 3.46. The van der Waals surface area contributed by atoms with Crippen molar-refractivity contribution in [2.75, 3.05) is 6.54 Å². The number of hydrogen-bond donors (Lipinski definition) is 2. The summed E-state index contributed by atoms with van der Waals surface area (Å²) in [6, 6.07) is 8.22. The Bertz CT molecular complexity index is 396. The number of aryl methyl sites for hydroxylation is 1. The zero-order valence-corrected chi connectivity index (χ0v) is 12.3. The molecule has 3 nitrogen and oxygen atoms in total. The molecule has 1 amide bonds. The van der Waals surface area contributed by atoms with Gasteiger partial charge in [0.05, 0.1) is 0 Å². The summed E-state index contributed by atoms with van der Waals surface area (Å²) in [6.45, 7) is 7.66. The molecular weight excluding hydrogens is 236 g/mol. The summed E-state index contributed by atoms with van der Waals surface area (Å²) in [5, 5.41) is 2.96. The van der Waals surface area contributed by atoms with Gasteiger partial charge in [-0.05, 0) is 37.3 Å². The van der Waals surface area contributed by atoms with Crippen molar-refractivity contribution in [1.82, 2.24) is 5.32 Å². The lowest BCUT2D eigenvalue weighted by atomic mass is 9.84. The lowest BCUT2D eigenvalue weighted by Crippen LogP contribution is -2.25. The van der Waals surface area contributed by atoms with Crippen LogP contribution in [0.4, 0.5) is 0 Å². The maximum absolute atomic E-state index is 11.8. The summed E-state index contributed by atoms with van der Waals surface area (Å²) in [6.07, 6.45) is 2.40. The van der Waals surface area contributed by atoms with Crippen LogP contribution in [0.3, 0.4) is 0 Å². The van der Waals surface area contributed by atoms with Gasteiger partial charge in [-0.25, -0.2) is 0 Å². The molecule has 0 radical (unpaired) electrons. The molecule has 0 heterocycles. The fourth-order valence-corrected chi connectivity index (χ4v) is 1.96. The SMILES string of the molecule is Cc1ccc(CNC(=O)CCC(C)(C)CCN)cc1. The normalized spacial score (nSPS) is 11.4. The molecule has 106 valence electrons. The number of carbonyl (C=O) groups is 1. The maximum atomic E-state index is 11.8. The molecule has 1 aromatic carbocycles. The van der Waals surface area contributed by atoms with Crippen molar-refractivity contribution in [1.29, 1.82) is 0 Å². The van der Waals surface area contributed by atoms with Gasteiger partial charge in [0, 0.05) is 13.0 Å². The van der Waals surface area contributed by atoms with Gasteiger partial charge in [0.2, 0.25) is 5.91 Å². The predicted molar refractivity (Wildman–Crippen MR) is 79.7 cm³/mol. The fraction of sp³-hybridized carbons (Fsp3) is 0.562. The monoisotopic (exact) mass is 262 g/mol. The topological polar surface area (TPSA) is 55.1 Å². The van der Waals surface area contributed by atoms with Gasteiger partial charge in [0.15, 0.2) is 0 Å². The second-order valence-corrected chi connectivity index (χ2v) is 5.97. The summed E-state index contributed by atoms with van der Waals surface area (Å²) in [4.78, 5) is 11.8. The molecule has 0 aliphatic heterocycles. The number of carbonyl (C=O) groups excluding carboxylic acids is 1. The van der Waals surface area contributed by atoms with Crippen molar-refractivity contribution >= 4 is 5.91 Å². The third-order valence-corrected chi connectivity index (χ3v) is 3.46. The summed E-state index contributed by atoms with van der Waals surface area (Å²) in [5.41, 5.74) is 8.09. The molecule has 0 saturated carbocycles. The average molecular weight is 262 g/mol.